The SMILES string of the molecule is Cc1cc(C(=O)NCCOCCOCCOCCOCCOCCNC(=O)CCCC(=O)O)cc(C)c1OC(=O)c1c2ccccc2[n+](CCCS(=O)(=O)O)c2ccccc12. The van der Waals surface area contributed by atoms with Gasteiger partial charge in [-0.3, -0.25) is 18.9 Å². The molecule has 0 spiro atoms. The Balaban J connectivity index is 1.11. The summed E-state index contributed by atoms with van der Waals surface area (Å²) in [5.74, 6) is -2.05. The van der Waals surface area contributed by atoms with Crippen molar-refractivity contribution in [3.63, 3.8) is 0 Å². The van der Waals surface area contributed by atoms with Crippen molar-refractivity contribution in [1.29, 1.82) is 0 Å². The molecule has 0 aliphatic heterocycles. The molecule has 4 rings (SSSR count). The zero-order valence-electron chi connectivity index (χ0n) is 34.7. The van der Waals surface area contributed by atoms with Crippen LogP contribution in [0.3, 0.4) is 0 Å². The Morgan fingerprint density at radius 2 is 1.13 bits per heavy atom. The fourth-order valence-electron chi connectivity index (χ4n) is 6.44. The normalized spacial score (nSPS) is 11.5. The molecule has 0 aliphatic carbocycles. The summed E-state index contributed by atoms with van der Waals surface area (Å²) in [4.78, 5) is 49.0. The third-order valence-corrected chi connectivity index (χ3v) is 10.0. The number of hydrogen-bond donors (Lipinski definition) is 4. The van der Waals surface area contributed by atoms with Crippen LogP contribution in [0.1, 0.15) is 57.5 Å². The molecule has 1 aromatic heterocycles. The topological polar surface area (TPSA) is 226 Å². The van der Waals surface area contributed by atoms with Gasteiger partial charge in [0.1, 0.15) is 5.75 Å². The van der Waals surface area contributed by atoms with Crippen molar-refractivity contribution >= 4 is 55.7 Å². The molecule has 61 heavy (non-hydrogen) atoms. The molecule has 0 fully saturated rings. The minimum absolute atomic E-state index is 0.0305. The van der Waals surface area contributed by atoms with E-state index in [1.165, 1.54) is 0 Å². The maximum Gasteiger partial charge on any atom is 0.345 e. The van der Waals surface area contributed by atoms with Crippen LogP contribution in [0.25, 0.3) is 21.8 Å². The number of para-hydroxylation sites is 2. The minimum atomic E-state index is -4.14. The van der Waals surface area contributed by atoms with Gasteiger partial charge in [0, 0.05) is 50.0 Å². The standard InChI is InChI=1S/C43H55N3O14S/c1-31-29-33(42(50)45-16-19-56-21-23-58-25-27-59-26-24-57-22-20-55-18-15-44-38(47)13-7-14-39(48)49)30-32(2)41(31)60-43(51)40-34-9-3-5-11-36(34)46(17-8-28-61(52,53)54)37-12-6-4-10-35(37)40/h3-6,9-12,29-30H,7-8,13-28H2,1-2H3,(H3-,44,45,47,48,49,50,52,53,54)/p+1. The van der Waals surface area contributed by atoms with E-state index in [0.717, 1.165) is 0 Å². The highest BCUT2D eigenvalue weighted by Gasteiger charge is 2.26. The summed E-state index contributed by atoms with van der Waals surface area (Å²) in [6, 6.07) is 17.9. The number of nitrogens with zero attached hydrogens (tertiary/aromatic N) is 1. The number of amides is 2. The van der Waals surface area contributed by atoms with E-state index in [1.54, 1.807) is 26.0 Å². The molecule has 18 heteroatoms. The predicted molar refractivity (Wildman–Crippen MR) is 224 cm³/mol. The van der Waals surface area contributed by atoms with Gasteiger partial charge in [-0.15, -0.1) is 0 Å². The number of nitrogens with one attached hydrogen (secondary N) is 2. The number of rotatable bonds is 29. The quantitative estimate of drug-likeness (QED) is 0.0153. The van der Waals surface area contributed by atoms with E-state index in [4.69, 9.17) is 33.5 Å². The van der Waals surface area contributed by atoms with Crippen LogP contribution < -0.4 is 19.9 Å². The Labute approximate surface area is 355 Å². The third kappa shape index (κ3) is 16.7. The van der Waals surface area contributed by atoms with E-state index >= 15 is 0 Å². The first-order chi connectivity index (χ1) is 29.4. The van der Waals surface area contributed by atoms with Crippen LogP contribution in [0.4, 0.5) is 0 Å². The number of hydrogen-bond acceptors (Lipinski definition) is 12. The number of pyridine rings is 1. The van der Waals surface area contributed by atoms with Gasteiger partial charge in [0.2, 0.25) is 16.9 Å². The van der Waals surface area contributed by atoms with Gasteiger partial charge in [0.05, 0.1) is 88.2 Å². The van der Waals surface area contributed by atoms with E-state index < -0.39 is 27.8 Å². The summed E-state index contributed by atoms with van der Waals surface area (Å²) < 4.78 is 67.4. The molecule has 0 radical (unpaired) electrons. The fourth-order valence-corrected chi connectivity index (χ4v) is 6.93. The number of aliphatic carboxylic acids is 1. The second-order valence-electron chi connectivity index (χ2n) is 13.9. The van der Waals surface area contributed by atoms with Crippen molar-refractivity contribution in [1.82, 2.24) is 10.6 Å². The molecular weight excluding hydrogens is 815 g/mol. The monoisotopic (exact) mass is 870 g/mol. The molecular formula is C43H56N3O14S+. The lowest BCUT2D eigenvalue weighted by Gasteiger charge is -2.15. The van der Waals surface area contributed by atoms with Crippen LogP contribution in [0.15, 0.2) is 60.7 Å². The van der Waals surface area contributed by atoms with Gasteiger partial charge < -0.3 is 44.2 Å². The average Bonchev–Trinajstić information content (AvgIpc) is 3.21. The van der Waals surface area contributed by atoms with Crippen molar-refractivity contribution in [3.05, 3.63) is 82.9 Å². The van der Waals surface area contributed by atoms with Crippen LogP contribution >= 0.6 is 0 Å². The maximum atomic E-state index is 14.0. The van der Waals surface area contributed by atoms with Gasteiger partial charge in [-0.1, -0.05) is 24.3 Å². The number of carbonyl (C=O) groups is 4. The molecule has 17 nitrogen and oxygen atoms in total. The number of aryl methyl sites for hydroxylation is 3. The molecule has 332 valence electrons. The number of ether oxygens (including phenoxy) is 6. The molecule has 2 amide bonds. The Morgan fingerprint density at radius 1 is 0.656 bits per heavy atom. The van der Waals surface area contributed by atoms with Gasteiger partial charge in [-0.25, -0.2) is 4.79 Å². The molecule has 0 bridgehead atoms. The highest BCUT2D eigenvalue weighted by Crippen LogP contribution is 2.30. The van der Waals surface area contributed by atoms with E-state index in [9.17, 15) is 32.1 Å². The molecule has 0 saturated heterocycles. The van der Waals surface area contributed by atoms with Crippen LogP contribution in [0, 0.1) is 13.8 Å². The van der Waals surface area contributed by atoms with Crippen molar-refractivity contribution in [2.45, 2.75) is 46.1 Å². The Morgan fingerprint density at radius 3 is 1.62 bits per heavy atom. The average molecular weight is 871 g/mol. The Bertz CT molecular complexity index is 2120. The molecule has 0 aliphatic rings. The summed E-state index contributed by atoms with van der Waals surface area (Å²) >= 11 is 0. The predicted octanol–water partition coefficient (Wildman–Crippen LogP) is 3.58. The number of fused-ring (bicyclic) bond motifs is 2. The highest BCUT2D eigenvalue weighted by molar-refractivity contribution is 7.85. The van der Waals surface area contributed by atoms with Gasteiger partial charge in [-0.2, -0.15) is 13.0 Å². The summed E-state index contributed by atoms with van der Waals surface area (Å²) in [5, 5.41) is 15.3. The van der Waals surface area contributed by atoms with E-state index in [2.05, 4.69) is 10.6 Å². The Hall–Kier alpha value is -5.08. The maximum absolute atomic E-state index is 14.0. The van der Waals surface area contributed by atoms with E-state index in [-0.39, 0.29) is 44.2 Å². The number of carboxylic acids is 1. The van der Waals surface area contributed by atoms with E-state index in [1.807, 2.05) is 53.1 Å². The molecule has 0 unspecified atom stereocenters. The molecule has 4 N–H and O–H groups in total. The molecule has 4 aromatic rings. The van der Waals surface area contributed by atoms with Crippen molar-refractivity contribution < 1.29 is 70.2 Å². The number of aromatic nitrogens is 1. The van der Waals surface area contributed by atoms with Crippen molar-refractivity contribution in [2.75, 3.05) is 84.9 Å². The summed E-state index contributed by atoms with van der Waals surface area (Å²) in [7, 11) is -4.14. The minimum Gasteiger partial charge on any atom is -0.481 e. The van der Waals surface area contributed by atoms with Gasteiger partial charge in [-0.05, 0) is 55.7 Å². The first kappa shape index (κ1) is 48.6. The van der Waals surface area contributed by atoms with Crippen LogP contribution in [0.2, 0.25) is 0 Å². The lowest BCUT2D eigenvalue weighted by Crippen LogP contribution is -2.37. The first-order valence-corrected chi connectivity index (χ1v) is 21.7. The van der Waals surface area contributed by atoms with E-state index in [0.29, 0.717) is 129 Å². The van der Waals surface area contributed by atoms with Crippen molar-refractivity contribution in [3.8, 4) is 5.75 Å². The number of benzene rings is 3. The Kier molecular flexibility index (Phi) is 20.4. The lowest BCUT2D eigenvalue weighted by molar-refractivity contribution is -0.645. The molecule has 1 heterocycles. The second kappa shape index (κ2) is 25.6. The van der Waals surface area contributed by atoms with Gasteiger partial charge in [0.15, 0.2) is 6.54 Å². The fraction of sp³-hybridized carbons (Fsp3) is 0.465. The smallest absolute Gasteiger partial charge is 0.345 e. The largest absolute Gasteiger partial charge is 0.481 e. The van der Waals surface area contributed by atoms with Crippen LogP contribution in [-0.4, -0.2) is 127 Å². The van der Waals surface area contributed by atoms with Gasteiger partial charge >= 0.3 is 11.9 Å². The number of esters is 1. The number of carboxylic acid groups (broad SMARTS) is 1. The zero-order valence-corrected chi connectivity index (χ0v) is 35.5. The first-order valence-electron chi connectivity index (χ1n) is 20.1. The third-order valence-electron chi connectivity index (χ3n) is 9.22. The van der Waals surface area contributed by atoms with Gasteiger partial charge in [0.25, 0.3) is 16.0 Å². The number of carbonyl (C=O) groups excluding carboxylic acids is 3. The zero-order chi connectivity index (χ0) is 44.0. The molecule has 0 saturated carbocycles. The highest BCUT2D eigenvalue weighted by atomic mass is 32.2. The summed E-state index contributed by atoms with van der Waals surface area (Å²) in [5.41, 5.74) is 3.37. The van der Waals surface area contributed by atoms with Crippen molar-refractivity contribution in [2.24, 2.45) is 0 Å². The summed E-state index contributed by atoms with van der Waals surface area (Å²) in [6.07, 6.45) is 0.623. The summed E-state index contributed by atoms with van der Waals surface area (Å²) in [6.45, 7) is 8.09. The second-order valence-corrected chi connectivity index (χ2v) is 15.5. The molecule has 3 aromatic carbocycles. The lowest BCUT2D eigenvalue weighted by atomic mass is 10.0. The van der Waals surface area contributed by atoms with Crippen LogP contribution in [-0.2, 0) is 49.9 Å². The van der Waals surface area contributed by atoms with Crippen LogP contribution in [0.5, 0.6) is 5.75 Å². The molecule has 0 atom stereocenters.